The van der Waals surface area contributed by atoms with Gasteiger partial charge in [-0.15, -0.1) is 0 Å². The van der Waals surface area contributed by atoms with E-state index in [1.54, 1.807) is 0 Å². The van der Waals surface area contributed by atoms with E-state index in [0.717, 1.165) is 5.69 Å². The summed E-state index contributed by atoms with van der Waals surface area (Å²) in [7, 11) is -2.24. The number of anilines is 1. The highest BCUT2D eigenvalue weighted by Gasteiger charge is 2.32. The van der Waals surface area contributed by atoms with Crippen LogP contribution in [-0.2, 0) is 8.85 Å². The van der Waals surface area contributed by atoms with Gasteiger partial charge in [0.1, 0.15) is 5.56 Å². The summed E-state index contributed by atoms with van der Waals surface area (Å²) in [5.41, 5.74) is 0.743. The number of alkyl halides is 1. The van der Waals surface area contributed by atoms with Gasteiger partial charge in [0.15, 0.2) is 0 Å². The summed E-state index contributed by atoms with van der Waals surface area (Å²) in [6.45, 7) is 6.44. The Morgan fingerprint density at radius 3 is 2.53 bits per heavy atom. The number of halogens is 1. The largest absolute Gasteiger partial charge is 0.394 e. The van der Waals surface area contributed by atoms with E-state index in [2.05, 4.69) is 5.32 Å². The first kappa shape index (κ1) is 14.5. The molecule has 1 aromatic carbocycles. The van der Waals surface area contributed by atoms with Gasteiger partial charge < -0.3 is 14.2 Å². The molecule has 0 aliphatic rings. The molecule has 0 bridgehead atoms. The van der Waals surface area contributed by atoms with Crippen molar-refractivity contribution in [1.29, 1.82) is 0 Å². The molecule has 96 valence electrons. The quantitative estimate of drug-likeness (QED) is 0.610. The predicted molar refractivity (Wildman–Crippen MR) is 74.6 cm³/mol. The van der Waals surface area contributed by atoms with Crippen LogP contribution >= 0.6 is 11.6 Å². The summed E-state index contributed by atoms with van der Waals surface area (Å²) in [5, 5.41) is 3.33. The summed E-state index contributed by atoms with van der Waals surface area (Å²) >= 11 is 5.88. The van der Waals surface area contributed by atoms with Crippen molar-refractivity contribution in [3.05, 3.63) is 30.3 Å². The minimum absolute atomic E-state index is 0.323. The lowest BCUT2D eigenvalue weighted by atomic mass is 10.3. The van der Waals surface area contributed by atoms with E-state index >= 15 is 0 Å². The molecule has 0 amide bonds. The fraction of sp³-hybridized carbons (Fsp3) is 0.500. The molecule has 1 rings (SSSR count). The van der Waals surface area contributed by atoms with Crippen LogP contribution in [0.1, 0.15) is 13.8 Å². The number of hydrogen-bond acceptors (Lipinski definition) is 3. The van der Waals surface area contributed by atoms with Crippen molar-refractivity contribution in [3.63, 3.8) is 0 Å². The van der Waals surface area contributed by atoms with Gasteiger partial charge in [0.2, 0.25) is 0 Å². The standard InChI is InChI=1S/C12H20ClNO2Si/c1-4-15-17(3,16-11(2)13)10-14-12-8-6-5-7-9-12/h5-9,11,14H,4,10H2,1-3H3. The van der Waals surface area contributed by atoms with E-state index in [0.29, 0.717) is 12.8 Å². The molecule has 5 heteroatoms. The second-order valence-corrected chi connectivity index (χ2v) is 7.71. The smallest absolute Gasteiger partial charge is 0.355 e. The maximum atomic E-state index is 5.88. The third-order valence-corrected chi connectivity index (χ3v) is 5.06. The monoisotopic (exact) mass is 273 g/mol. The normalized spacial score (nSPS) is 16.2. The van der Waals surface area contributed by atoms with Crippen LogP contribution in [0.4, 0.5) is 5.69 Å². The Balaban J connectivity index is 2.55. The van der Waals surface area contributed by atoms with Crippen molar-refractivity contribution in [1.82, 2.24) is 0 Å². The van der Waals surface area contributed by atoms with Crippen molar-refractivity contribution in [2.24, 2.45) is 0 Å². The zero-order valence-corrected chi connectivity index (χ0v) is 12.3. The molecule has 0 aliphatic carbocycles. The zero-order valence-electron chi connectivity index (χ0n) is 10.6. The molecule has 0 saturated carbocycles. The van der Waals surface area contributed by atoms with E-state index in [1.807, 2.05) is 50.7 Å². The van der Waals surface area contributed by atoms with Gasteiger partial charge in [-0.2, -0.15) is 0 Å². The molecule has 0 radical (unpaired) electrons. The first-order chi connectivity index (χ1) is 8.06. The third-order valence-electron chi connectivity index (χ3n) is 2.25. The Morgan fingerprint density at radius 2 is 2.00 bits per heavy atom. The van der Waals surface area contributed by atoms with Crippen LogP contribution in [0.15, 0.2) is 30.3 Å². The third kappa shape index (κ3) is 5.54. The van der Waals surface area contributed by atoms with Crippen molar-refractivity contribution >= 4 is 25.8 Å². The summed E-state index contributed by atoms with van der Waals surface area (Å²) in [4.78, 5) is 0. The van der Waals surface area contributed by atoms with Gasteiger partial charge in [0, 0.05) is 12.3 Å². The molecular weight excluding hydrogens is 254 g/mol. The second-order valence-electron chi connectivity index (χ2n) is 3.95. The molecule has 0 spiro atoms. The van der Waals surface area contributed by atoms with E-state index in [1.165, 1.54) is 0 Å². The molecule has 0 fully saturated rings. The fourth-order valence-electron chi connectivity index (χ4n) is 1.59. The van der Waals surface area contributed by atoms with Gasteiger partial charge in [-0.3, -0.25) is 0 Å². The van der Waals surface area contributed by atoms with Gasteiger partial charge in [0.25, 0.3) is 0 Å². The van der Waals surface area contributed by atoms with Crippen molar-refractivity contribution in [2.45, 2.75) is 26.0 Å². The number of nitrogens with one attached hydrogen (secondary N) is 1. The molecule has 0 heterocycles. The molecule has 1 N–H and O–H groups in total. The number of para-hydroxylation sites is 1. The molecule has 2 unspecified atom stereocenters. The van der Waals surface area contributed by atoms with Crippen LogP contribution in [0.3, 0.4) is 0 Å². The molecule has 17 heavy (non-hydrogen) atoms. The summed E-state index contributed by atoms with van der Waals surface area (Å²) in [5.74, 6) is 0. The maximum Gasteiger partial charge on any atom is 0.355 e. The summed E-state index contributed by atoms with van der Waals surface area (Å²) < 4.78 is 11.5. The summed E-state index contributed by atoms with van der Waals surface area (Å²) in [6, 6.07) is 10.0. The van der Waals surface area contributed by atoms with Gasteiger partial charge in [0.05, 0.1) is 6.17 Å². The van der Waals surface area contributed by atoms with Crippen LogP contribution in [0.25, 0.3) is 0 Å². The highest BCUT2D eigenvalue weighted by molar-refractivity contribution is 6.67. The lowest BCUT2D eigenvalue weighted by Gasteiger charge is -2.28. The molecule has 0 aromatic heterocycles. The molecule has 1 aromatic rings. The van der Waals surface area contributed by atoms with Crippen LogP contribution < -0.4 is 5.32 Å². The minimum atomic E-state index is -2.24. The SMILES string of the molecule is CCO[Si](C)(CNc1ccccc1)OC(C)Cl. The lowest BCUT2D eigenvalue weighted by Crippen LogP contribution is -2.47. The van der Waals surface area contributed by atoms with Gasteiger partial charge in [-0.05, 0) is 32.5 Å². The minimum Gasteiger partial charge on any atom is -0.394 e. The Kier molecular flexibility index (Phi) is 5.98. The molecule has 0 aliphatic heterocycles. The van der Waals surface area contributed by atoms with Crippen molar-refractivity contribution in [3.8, 4) is 0 Å². The first-order valence-corrected chi connectivity index (χ1v) is 8.76. The highest BCUT2D eigenvalue weighted by Crippen LogP contribution is 2.14. The Bertz CT molecular complexity index is 324. The molecule has 3 nitrogen and oxygen atoms in total. The van der Waals surface area contributed by atoms with Gasteiger partial charge in [-0.25, -0.2) is 0 Å². The van der Waals surface area contributed by atoms with E-state index in [9.17, 15) is 0 Å². The Hall–Kier alpha value is -0.553. The number of hydrogen-bond donors (Lipinski definition) is 1. The van der Waals surface area contributed by atoms with Crippen molar-refractivity contribution in [2.75, 3.05) is 18.1 Å². The van der Waals surface area contributed by atoms with Crippen LogP contribution in [-0.4, -0.2) is 26.9 Å². The summed E-state index contributed by atoms with van der Waals surface area (Å²) in [6.07, 6.45) is 0.682. The number of benzene rings is 1. The van der Waals surface area contributed by atoms with Crippen LogP contribution in [0.2, 0.25) is 6.55 Å². The first-order valence-electron chi connectivity index (χ1n) is 5.80. The molecule has 0 saturated heterocycles. The van der Waals surface area contributed by atoms with Gasteiger partial charge >= 0.3 is 8.56 Å². The van der Waals surface area contributed by atoms with Crippen LogP contribution in [0, 0.1) is 0 Å². The fourth-order valence-corrected chi connectivity index (χ4v) is 4.24. The Morgan fingerprint density at radius 1 is 1.35 bits per heavy atom. The van der Waals surface area contributed by atoms with E-state index < -0.39 is 8.56 Å². The van der Waals surface area contributed by atoms with E-state index in [-0.39, 0.29) is 5.56 Å². The Labute approximate surface area is 109 Å². The second kappa shape index (κ2) is 7.01. The highest BCUT2D eigenvalue weighted by atomic mass is 35.5. The molecular formula is C12H20ClNO2Si. The van der Waals surface area contributed by atoms with Gasteiger partial charge in [-0.1, -0.05) is 29.8 Å². The van der Waals surface area contributed by atoms with Crippen LogP contribution in [0.5, 0.6) is 0 Å². The molecule has 2 atom stereocenters. The van der Waals surface area contributed by atoms with Crippen molar-refractivity contribution < 1.29 is 8.85 Å². The average molecular weight is 274 g/mol. The predicted octanol–water partition coefficient (Wildman–Crippen LogP) is 3.35. The maximum absolute atomic E-state index is 5.88. The zero-order chi connectivity index (χ0) is 12.7. The topological polar surface area (TPSA) is 30.5 Å². The van der Waals surface area contributed by atoms with E-state index in [4.69, 9.17) is 20.5 Å². The average Bonchev–Trinajstić information content (AvgIpc) is 2.27. The lowest BCUT2D eigenvalue weighted by molar-refractivity contribution is 0.174. The number of rotatable bonds is 7.